The van der Waals surface area contributed by atoms with Crippen molar-refractivity contribution in [2.45, 2.75) is 19.9 Å². The quantitative estimate of drug-likeness (QED) is 0.839. The Bertz CT molecular complexity index is 367. The summed E-state index contributed by atoms with van der Waals surface area (Å²) in [6, 6.07) is 5.66. The molecule has 1 aromatic rings. The zero-order valence-corrected chi connectivity index (χ0v) is 10.5. The summed E-state index contributed by atoms with van der Waals surface area (Å²) in [6.07, 6.45) is 1.70. The smallest absolute Gasteiger partial charge is 0.253 e. The highest BCUT2D eigenvalue weighted by Gasteiger charge is 2.13. The van der Waals surface area contributed by atoms with E-state index in [4.69, 9.17) is 0 Å². The van der Waals surface area contributed by atoms with E-state index in [9.17, 15) is 4.79 Å². The van der Waals surface area contributed by atoms with Crippen LogP contribution in [-0.2, 0) is 0 Å². The summed E-state index contributed by atoms with van der Waals surface area (Å²) >= 11 is 3.37. The van der Waals surface area contributed by atoms with Gasteiger partial charge in [0.15, 0.2) is 0 Å². The number of nitrogens with one attached hydrogen (secondary N) is 1. The van der Waals surface area contributed by atoms with Crippen molar-refractivity contribution in [1.29, 1.82) is 0 Å². The van der Waals surface area contributed by atoms with E-state index < -0.39 is 0 Å². The highest BCUT2D eigenvalue weighted by Crippen LogP contribution is 2.19. The summed E-state index contributed by atoms with van der Waals surface area (Å²) in [5.74, 6) is -0.0765. The van der Waals surface area contributed by atoms with Crippen LogP contribution in [0.1, 0.15) is 22.8 Å². The van der Waals surface area contributed by atoms with Gasteiger partial charge in [0.2, 0.25) is 0 Å². The van der Waals surface area contributed by atoms with Crippen LogP contribution in [0.4, 0.5) is 0 Å². The fraction of sp³-hybridized carbons (Fsp3) is 0.250. The molecule has 1 amide bonds. The number of aryl methyl sites for hydroxylation is 1. The van der Waals surface area contributed by atoms with Crippen LogP contribution in [0, 0.1) is 6.92 Å². The average molecular weight is 268 g/mol. The first-order valence-electron chi connectivity index (χ1n) is 4.74. The van der Waals surface area contributed by atoms with Gasteiger partial charge in [0, 0.05) is 10.5 Å². The van der Waals surface area contributed by atoms with Crippen molar-refractivity contribution in [3.63, 3.8) is 0 Å². The van der Waals surface area contributed by atoms with Crippen molar-refractivity contribution >= 4 is 21.8 Å². The molecule has 0 bridgehead atoms. The molecular weight excluding hydrogens is 254 g/mol. The Morgan fingerprint density at radius 3 is 2.80 bits per heavy atom. The van der Waals surface area contributed by atoms with E-state index in [0.29, 0.717) is 5.56 Å². The van der Waals surface area contributed by atoms with Crippen LogP contribution in [-0.4, -0.2) is 11.9 Å². The summed E-state index contributed by atoms with van der Waals surface area (Å²) in [6.45, 7) is 7.43. The van der Waals surface area contributed by atoms with Crippen LogP contribution in [0.5, 0.6) is 0 Å². The Kier molecular flexibility index (Phi) is 4.09. The molecule has 0 aliphatic carbocycles. The van der Waals surface area contributed by atoms with E-state index >= 15 is 0 Å². The van der Waals surface area contributed by atoms with Gasteiger partial charge in [-0.2, -0.15) is 0 Å². The Labute approximate surface area is 98.5 Å². The molecule has 3 heteroatoms. The first-order chi connectivity index (χ1) is 7.06. The van der Waals surface area contributed by atoms with Gasteiger partial charge >= 0.3 is 0 Å². The number of carbonyl (C=O) groups excluding carboxylic acids is 1. The second-order valence-corrected chi connectivity index (χ2v) is 4.28. The fourth-order valence-corrected chi connectivity index (χ4v) is 1.90. The molecule has 0 aromatic heterocycles. The Morgan fingerprint density at radius 1 is 1.60 bits per heavy atom. The Balaban J connectivity index is 2.96. The van der Waals surface area contributed by atoms with Crippen molar-refractivity contribution < 1.29 is 4.79 Å². The third-order valence-electron chi connectivity index (χ3n) is 2.16. The minimum Gasteiger partial charge on any atom is -0.346 e. The molecule has 0 saturated carbocycles. The van der Waals surface area contributed by atoms with Gasteiger partial charge in [0.05, 0.1) is 5.56 Å². The van der Waals surface area contributed by atoms with Crippen molar-refractivity contribution in [3.05, 3.63) is 46.5 Å². The van der Waals surface area contributed by atoms with Crippen LogP contribution in [0.15, 0.2) is 35.3 Å². The second kappa shape index (κ2) is 5.12. The van der Waals surface area contributed by atoms with E-state index in [1.165, 1.54) is 0 Å². The van der Waals surface area contributed by atoms with E-state index in [1.807, 2.05) is 32.0 Å². The molecule has 15 heavy (non-hydrogen) atoms. The van der Waals surface area contributed by atoms with Gasteiger partial charge < -0.3 is 5.32 Å². The number of halogens is 1. The van der Waals surface area contributed by atoms with E-state index in [-0.39, 0.29) is 11.9 Å². The predicted octanol–water partition coefficient (Wildman–Crippen LogP) is 3.06. The molecule has 1 atom stereocenters. The number of amides is 1. The second-order valence-electron chi connectivity index (χ2n) is 3.43. The highest BCUT2D eigenvalue weighted by molar-refractivity contribution is 9.10. The molecule has 0 fully saturated rings. The summed E-state index contributed by atoms with van der Waals surface area (Å²) in [5, 5.41) is 2.84. The van der Waals surface area contributed by atoms with Crippen molar-refractivity contribution in [2.75, 3.05) is 0 Å². The van der Waals surface area contributed by atoms with Crippen LogP contribution < -0.4 is 5.32 Å². The van der Waals surface area contributed by atoms with Crippen LogP contribution in [0.2, 0.25) is 0 Å². The van der Waals surface area contributed by atoms with Gasteiger partial charge in [0.1, 0.15) is 0 Å². The third-order valence-corrected chi connectivity index (χ3v) is 2.82. The Morgan fingerprint density at radius 2 is 2.27 bits per heavy atom. The summed E-state index contributed by atoms with van der Waals surface area (Å²) in [5.41, 5.74) is 1.64. The first-order valence-corrected chi connectivity index (χ1v) is 5.54. The summed E-state index contributed by atoms with van der Waals surface area (Å²) < 4.78 is 0.816. The van der Waals surface area contributed by atoms with Crippen molar-refractivity contribution in [3.8, 4) is 0 Å². The van der Waals surface area contributed by atoms with Crippen molar-refractivity contribution in [2.24, 2.45) is 0 Å². The minimum absolute atomic E-state index is 0.0241. The molecule has 0 aliphatic heterocycles. The lowest BCUT2D eigenvalue weighted by Crippen LogP contribution is -2.31. The van der Waals surface area contributed by atoms with Gasteiger partial charge in [-0.05, 0) is 41.4 Å². The lowest BCUT2D eigenvalue weighted by molar-refractivity contribution is 0.0945. The zero-order chi connectivity index (χ0) is 11.4. The molecule has 0 saturated heterocycles. The van der Waals surface area contributed by atoms with E-state index in [1.54, 1.807) is 6.08 Å². The lowest BCUT2D eigenvalue weighted by Gasteiger charge is -2.12. The maximum Gasteiger partial charge on any atom is 0.253 e. The number of benzene rings is 1. The number of hydrogen-bond donors (Lipinski definition) is 1. The summed E-state index contributed by atoms with van der Waals surface area (Å²) in [4.78, 5) is 11.9. The van der Waals surface area contributed by atoms with E-state index in [0.717, 1.165) is 10.0 Å². The molecule has 0 radical (unpaired) electrons. The molecule has 0 heterocycles. The normalized spacial score (nSPS) is 11.9. The molecule has 1 aromatic carbocycles. The fourth-order valence-electron chi connectivity index (χ4n) is 1.26. The van der Waals surface area contributed by atoms with Crippen LogP contribution >= 0.6 is 15.9 Å². The standard InChI is InChI=1S/C12H14BrNO/c1-4-9(3)14-12(15)11-8(2)6-5-7-10(11)13/h4-7,9H,1H2,2-3H3,(H,14,15). The number of hydrogen-bond acceptors (Lipinski definition) is 1. The van der Waals surface area contributed by atoms with Gasteiger partial charge in [-0.3, -0.25) is 4.79 Å². The lowest BCUT2D eigenvalue weighted by atomic mass is 10.1. The van der Waals surface area contributed by atoms with Gasteiger partial charge in [-0.1, -0.05) is 18.2 Å². The highest BCUT2D eigenvalue weighted by atomic mass is 79.9. The maximum absolute atomic E-state index is 11.9. The molecule has 80 valence electrons. The molecule has 0 aliphatic rings. The molecule has 1 rings (SSSR count). The zero-order valence-electron chi connectivity index (χ0n) is 8.88. The average Bonchev–Trinajstić information content (AvgIpc) is 2.17. The van der Waals surface area contributed by atoms with Gasteiger partial charge in [0.25, 0.3) is 5.91 Å². The maximum atomic E-state index is 11.9. The van der Waals surface area contributed by atoms with Gasteiger partial charge in [-0.15, -0.1) is 6.58 Å². The minimum atomic E-state index is -0.0765. The molecule has 1 N–H and O–H groups in total. The SMILES string of the molecule is C=CC(C)NC(=O)c1c(C)cccc1Br. The largest absolute Gasteiger partial charge is 0.346 e. The first kappa shape index (κ1) is 12.0. The van der Waals surface area contributed by atoms with Crippen LogP contribution in [0.25, 0.3) is 0 Å². The van der Waals surface area contributed by atoms with Crippen LogP contribution in [0.3, 0.4) is 0 Å². The number of rotatable bonds is 3. The monoisotopic (exact) mass is 267 g/mol. The number of carbonyl (C=O) groups is 1. The van der Waals surface area contributed by atoms with Crippen molar-refractivity contribution in [1.82, 2.24) is 5.32 Å². The summed E-state index contributed by atoms with van der Waals surface area (Å²) in [7, 11) is 0. The third kappa shape index (κ3) is 2.93. The Hall–Kier alpha value is -1.09. The molecular formula is C12H14BrNO. The molecule has 1 unspecified atom stereocenters. The molecule has 0 spiro atoms. The van der Waals surface area contributed by atoms with E-state index in [2.05, 4.69) is 27.8 Å². The predicted molar refractivity (Wildman–Crippen MR) is 66.0 cm³/mol. The topological polar surface area (TPSA) is 29.1 Å². The van der Waals surface area contributed by atoms with Gasteiger partial charge in [-0.25, -0.2) is 0 Å². The molecule has 2 nitrogen and oxygen atoms in total.